The molecule has 8 aromatic carbocycles. The molecule has 0 unspecified atom stereocenters. The first kappa shape index (κ1) is 33.0. The third-order valence-electron chi connectivity index (χ3n) is 10.1. The van der Waals surface area contributed by atoms with E-state index in [0.717, 1.165) is 38.1 Å². The number of phenolic OH excluding ortho intramolecular Hbond substituents is 10. The number of furan rings is 1. The number of phenols is 10. The average Bonchev–Trinajstić information content (AvgIpc) is 3.58. The van der Waals surface area contributed by atoms with Gasteiger partial charge in [-0.3, -0.25) is 0 Å². The molecular weight excluding hydrogens is 704 g/mol. The predicted octanol–water partition coefficient (Wildman–Crippen LogP) is 9.62. The van der Waals surface area contributed by atoms with Crippen LogP contribution in [0.15, 0.2) is 114 Å². The lowest BCUT2D eigenvalue weighted by Crippen LogP contribution is -1.93. The molecular formula is C44H28O11. The van der Waals surface area contributed by atoms with Gasteiger partial charge in [0.25, 0.3) is 0 Å². The van der Waals surface area contributed by atoms with Gasteiger partial charge in [0.1, 0.15) is 11.2 Å². The molecule has 11 nitrogen and oxygen atoms in total. The Morgan fingerprint density at radius 3 is 1.20 bits per heavy atom. The second-order valence-electron chi connectivity index (χ2n) is 13.2. The molecule has 10 N–H and O–H groups in total. The zero-order chi connectivity index (χ0) is 38.4. The van der Waals surface area contributed by atoms with Crippen LogP contribution in [0, 0.1) is 0 Å². The molecule has 11 heteroatoms. The highest BCUT2D eigenvalue weighted by Crippen LogP contribution is 2.58. The number of para-hydroxylation sites is 1. The molecule has 0 aliphatic rings. The molecule has 270 valence electrons. The van der Waals surface area contributed by atoms with E-state index in [1.165, 1.54) is 0 Å². The van der Waals surface area contributed by atoms with Crippen LogP contribution in [-0.2, 0) is 0 Å². The van der Waals surface area contributed by atoms with Crippen molar-refractivity contribution in [2.24, 2.45) is 0 Å². The molecule has 0 aliphatic heterocycles. The highest BCUT2D eigenvalue weighted by atomic mass is 16.4. The second kappa shape index (κ2) is 11.8. The molecule has 0 spiro atoms. The van der Waals surface area contributed by atoms with Crippen LogP contribution in [0.3, 0.4) is 0 Å². The molecule has 1 heterocycles. The Balaban J connectivity index is 1.40. The van der Waals surface area contributed by atoms with Gasteiger partial charge in [-0.25, -0.2) is 0 Å². The van der Waals surface area contributed by atoms with Gasteiger partial charge in [0.2, 0.25) is 34.5 Å². The minimum absolute atomic E-state index is 0.159. The van der Waals surface area contributed by atoms with E-state index in [1.54, 1.807) is 36.4 Å². The molecule has 0 atom stereocenters. The van der Waals surface area contributed by atoms with E-state index in [1.807, 2.05) is 72.8 Å². The molecule has 55 heavy (non-hydrogen) atoms. The normalized spacial score (nSPS) is 11.6. The summed E-state index contributed by atoms with van der Waals surface area (Å²) in [7, 11) is 0. The van der Waals surface area contributed by atoms with Gasteiger partial charge < -0.3 is 55.5 Å². The minimum Gasteiger partial charge on any atom is -0.504 e. The monoisotopic (exact) mass is 732 g/mol. The number of rotatable bonds is 4. The van der Waals surface area contributed by atoms with Gasteiger partial charge >= 0.3 is 0 Å². The topological polar surface area (TPSA) is 215 Å². The van der Waals surface area contributed by atoms with Crippen molar-refractivity contribution < 1.29 is 55.5 Å². The van der Waals surface area contributed by atoms with Crippen LogP contribution < -0.4 is 0 Å². The van der Waals surface area contributed by atoms with Crippen LogP contribution in [-0.4, -0.2) is 51.1 Å². The Morgan fingerprint density at radius 1 is 0.291 bits per heavy atom. The summed E-state index contributed by atoms with van der Waals surface area (Å²) in [5, 5.41) is 110. The zero-order valence-corrected chi connectivity index (χ0v) is 28.3. The molecule has 9 rings (SSSR count). The van der Waals surface area contributed by atoms with Crippen molar-refractivity contribution in [3.05, 3.63) is 109 Å². The van der Waals surface area contributed by atoms with Crippen LogP contribution in [0.4, 0.5) is 0 Å². The summed E-state index contributed by atoms with van der Waals surface area (Å²) in [5.41, 5.74) is 3.43. The molecule has 0 fully saturated rings. The van der Waals surface area contributed by atoms with Crippen LogP contribution >= 0.6 is 0 Å². The van der Waals surface area contributed by atoms with Gasteiger partial charge in [-0.15, -0.1) is 0 Å². The lowest BCUT2D eigenvalue weighted by Gasteiger charge is -2.20. The van der Waals surface area contributed by atoms with E-state index < -0.39 is 57.5 Å². The highest BCUT2D eigenvalue weighted by molar-refractivity contribution is 6.26. The molecule has 0 saturated carbocycles. The van der Waals surface area contributed by atoms with E-state index in [-0.39, 0.29) is 22.3 Å². The summed E-state index contributed by atoms with van der Waals surface area (Å²) in [6, 6.07) is 32.7. The van der Waals surface area contributed by atoms with Crippen molar-refractivity contribution in [1.82, 2.24) is 0 Å². The third-order valence-corrected chi connectivity index (χ3v) is 10.1. The Morgan fingerprint density at radius 2 is 0.691 bits per heavy atom. The molecule has 0 bridgehead atoms. The molecule has 0 saturated heterocycles. The summed E-state index contributed by atoms with van der Waals surface area (Å²) in [4.78, 5) is 0. The first-order valence-electron chi connectivity index (χ1n) is 16.9. The maximum Gasteiger partial charge on any atom is 0.208 e. The Kier molecular flexibility index (Phi) is 7.07. The number of hydrogen-bond acceptors (Lipinski definition) is 11. The number of hydrogen-bond donors (Lipinski definition) is 10. The minimum atomic E-state index is -1.08. The Hall–Kier alpha value is -7.92. The highest BCUT2D eigenvalue weighted by Gasteiger charge is 2.28. The summed E-state index contributed by atoms with van der Waals surface area (Å²) >= 11 is 0. The molecule has 0 aliphatic carbocycles. The van der Waals surface area contributed by atoms with Gasteiger partial charge in [-0.1, -0.05) is 84.9 Å². The first-order valence-corrected chi connectivity index (χ1v) is 16.9. The van der Waals surface area contributed by atoms with E-state index in [0.29, 0.717) is 27.7 Å². The predicted molar refractivity (Wildman–Crippen MR) is 207 cm³/mol. The standard InChI is InChI=1S/C44H28O11/c45-35-31(36(46)40(50)43(53)39(35)49)20-9-7-8-19(16-20)30-22-10-1-3-12-24(22)33(25-13-4-2-11-23(25)30)27-17-21(32-37(47)41(51)44(54)42(52)38(32)48)18-29-34(27)26-14-5-6-15-28(26)55-29/h1-18,45-54H. The summed E-state index contributed by atoms with van der Waals surface area (Å²) in [6.07, 6.45) is 0. The number of fused-ring (bicyclic) bond motifs is 5. The maximum absolute atomic E-state index is 11.0. The van der Waals surface area contributed by atoms with Gasteiger partial charge in [0.15, 0.2) is 23.0 Å². The smallest absolute Gasteiger partial charge is 0.208 e. The molecule has 0 radical (unpaired) electrons. The van der Waals surface area contributed by atoms with E-state index in [2.05, 4.69) is 0 Å². The SMILES string of the molecule is Oc1c(O)c(O)c(-c2cccc(-c3c4ccccc4c(-c4cc(-c5c(O)c(O)c(O)c(O)c5O)cc5oc6ccccc6c45)c4ccccc34)c2)c(O)c1O. The van der Waals surface area contributed by atoms with E-state index in [4.69, 9.17) is 4.42 Å². The van der Waals surface area contributed by atoms with E-state index in [9.17, 15) is 51.1 Å². The average molecular weight is 733 g/mol. The van der Waals surface area contributed by atoms with Crippen LogP contribution in [0.5, 0.6) is 57.5 Å². The van der Waals surface area contributed by atoms with Crippen molar-refractivity contribution in [2.45, 2.75) is 0 Å². The van der Waals surface area contributed by atoms with Crippen molar-refractivity contribution in [3.63, 3.8) is 0 Å². The van der Waals surface area contributed by atoms with Crippen LogP contribution in [0.25, 0.3) is 88.0 Å². The first-order chi connectivity index (χ1) is 26.5. The van der Waals surface area contributed by atoms with Gasteiger partial charge in [0, 0.05) is 10.8 Å². The van der Waals surface area contributed by atoms with Crippen molar-refractivity contribution in [2.75, 3.05) is 0 Å². The van der Waals surface area contributed by atoms with Gasteiger partial charge in [0.05, 0.1) is 11.1 Å². The lowest BCUT2D eigenvalue weighted by molar-refractivity contribution is 0.330. The van der Waals surface area contributed by atoms with E-state index >= 15 is 0 Å². The fourth-order valence-electron chi connectivity index (χ4n) is 7.67. The van der Waals surface area contributed by atoms with Gasteiger partial charge in [-0.2, -0.15) is 0 Å². The van der Waals surface area contributed by atoms with Crippen molar-refractivity contribution in [3.8, 4) is 102 Å². The van der Waals surface area contributed by atoms with Crippen molar-refractivity contribution in [1.29, 1.82) is 0 Å². The Labute approximate surface area is 309 Å². The Bertz CT molecular complexity index is 2990. The fourth-order valence-corrected chi connectivity index (χ4v) is 7.67. The second-order valence-corrected chi connectivity index (χ2v) is 13.2. The largest absolute Gasteiger partial charge is 0.504 e. The zero-order valence-electron chi connectivity index (χ0n) is 28.3. The van der Waals surface area contributed by atoms with Gasteiger partial charge in [-0.05, 0) is 79.2 Å². The fraction of sp³-hybridized carbons (Fsp3) is 0. The maximum atomic E-state index is 11.0. The van der Waals surface area contributed by atoms with Crippen LogP contribution in [0.1, 0.15) is 0 Å². The number of benzene rings is 8. The summed E-state index contributed by atoms with van der Waals surface area (Å²) < 4.78 is 6.33. The summed E-state index contributed by atoms with van der Waals surface area (Å²) in [6.45, 7) is 0. The molecule has 0 amide bonds. The summed E-state index contributed by atoms with van der Waals surface area (Å²) in [5.74, 6) is -9.50. The molecule has 9 aromatic rings. The van der Waals surface area contributed by atoms with Crippen LogP contribution in [0.2, 0.25) is 0 Å². The third kappa shape index (κ3) is 4.63. The number of aromatic hydroxyl groups is 10. The molecule has 1 aromatic heterocycles. The quantitative estimate of drug-likeness (QED) is 0.0467. The lowest BCUT2D eigenvalue weighted by atomic mass is 9.83. The van der Waals surface area contributed by atoms with Crippen molar-refractivity contribution >= 4 is 43.5 Å².